The molecule has 228 valence electrons. The molecule has 43 heavy (non-hydrogen) atoms. The zero-order chi connectivity index (χ0) is 30.7. The summed E-state index contributed by atoms with van der Waals surface area (Å²) in [5.41, 5.74) is 6.77. The number of pyridine rings is 1. The number of nitrogens with zero attached hydrogens (tertiary/aromatic N) is 2. The lowest BCUT2D eigenvalue weighted by atomic mass is 9.82. The van der Waals surface area contributed by atoms with Crippen LogP contribution in [0.2, 0.25) is 0 Å². The third-order valence-electron chi connectivity index (χ3n) is 9.16. The average molecular weight is 607 g/mol. The Bertz CT molecular complexity index is 1520. The summed E-state index contributed by atoms with van der Waals surface area (Å²) in [6, 6.07) is 14.5. The van der Waals surface area contributed by atoms with Crippen molar-refractivity contribution in [3.05, 3.63) is 82.4 Å². The quantitative estimate of drug-likeness (QED) is 0.307. The van der Waals surface area contributed by atoms with E-state index in [0.717, 1.165) is 79.0 Å². The Labute approximate surface area is 256 Å². The molecule has 0 radical (unpaired) electrons. The van der Waals surface area contributed by atoms with Gasteiger partial charge < -0.3 is 9.84 Å². The Hall–Kier alpha value is -3.43. The summed E-state index contributed by atoms with van der Waals surface area (Å²) < 4.78 is 38.2. The standard InChI is InChI=1S/C34H39FN2O3.O2S/c1-20-12-13-37(18-20)19-27-15-25(8-10-28(27)29-14-21(2)36-17-30(29)35)31-11-9-23-4-7-26(16-32(23)40-31)33(24-5-6-24)22(3)34(38)39;1-3-2/h4,7-8,10,14-17,20,22,24,31,33H,5-6,9,11-13,18-19H2,1-3H3,(H,38,39);/t20-,22-,31?,33-;/m0./s1. The number of ether oxygens (including phenoxy) is 1. The van der Waals surface area contributed by atoms with Crippen molar-refractivity contribution in [2.75, 3.05) is 13.1 Å². The second-order valence-electron chi connectivity index (χ2n) is 12.4. The highest BCUT2D eigenvalue weighted by molar-refractivity contribution is 7.51. The zero-order valence-corrected chi connectivity index (χ0v) is 25.7. The number of carboxylic acids is 1. The summed E-state index contributed by atoms with van der Waals surface area (Å²) in [6.07, 6.45) is 6.35. The molecule has 0 bridgehead atoms. The van der Waals surface area contributed by atoms with E-state index in [0.29, 0.717) is 17.4 Å². The highest BCUT2D eigenvalue weighted by Gasteiger charge is 2.39. The van der Waals surface area contributed by atoms with Crippen molar-refractivity contribution in [1.29, 1.82) is 0 Å². The number of aromatic nitrogens is 1. The third kappa shape index (κ3) is 7.21. The molecule has 1 N–H and O–H groups in total. The molecule has 3 aliphatic rings. The van der Waals surface area contributed by atoms with E-state index < -0.39 is 23.5 Å². The molecule has 1 saturated carbocycles. The van der Waals surface area contributed by atoms with Crippen LogP contribution < -0.4 is 4.74 Å². The molecule has 3 heterocycles. The number of aryl methyl sites for hydroxylation is 2. The molecule has 1 saturated heterocycles. The number of likely N-dealkylation sites (tertiary alicyclic amines) is 1. The minimum Gasteiger partial charge on any atom is -0.485 e. The first-order valence-electron chi connectivity index (χ1n) is 15.1. The van der Waals surface area contributed by atoms with Crippen LogP contribution >= 0.6 is 0 Å². The molecule has 2 aliphatic heterocycles. The Morgan fingerprint density at radius 2 is 1.88 bits per heavy atom. The van der Waals surface area contributed by atoms with Crippen molar-refractivity contribution in [3.8, 4) is 16.9 Å². The molecule has 1 aliphatic carbocycles. The van der Waals surface area contributed by atoms with E-state index in [1.165, 1.54) is 18.2 Å². The number of aliphatic carboxylic acids is 1. The largest absolute Gasteiger partial charge is 0.485 e. The molecule has 4 atom stereocenters. The number of carboxylic acid groups (broad SMARTS) is 1. The van der Waals surface area contributed by atoms with Gasteiger partial charge in [0.1, 0.15) is 17.7 Å². The Morgan fingerprint density at radius 1 is 1.12 bits per heavy atom. The molecule has 0 spiro atoms. The van der Waals surface area contributed by atoms with E-state index >= 15 is 0 Å². The smallest absolute Gasteiger partial charge is 0.335 e. The fourth-order valence-electron chi connectivity index (χ4n) is 6.77. The zero-order valence-electron chi connectivity index (χ0n) is 24.9. The molecule has 2 aromatic carbocycles. The summed E-state index contributed by atoms with van der Waals surface area (Å²) in [5, 5.41) is 9.74. The van der Waals surface area contributed by atoms with Gasteiger partial charge in [-0.25, -0.2) is 4.39 Å². The first kappa shape index (κ1) is 31.0. The summed E-state index contributed by atoms with van der Waals surface area (Å²) in [4.78, 5) is 18.5. The van der Waals surface area contributed by atoms with Crippen LogP contribution in [0.25, 0.3) is 11.1 Å². The maximum atomic E-state index is 15.0. The highest BCUT2D eigenvalue weighted by atomic mass is 32.1. The van der Waals surface area contributed by atoms with Crippen molar-refractivity contribution in [2.45, 2.75) is 71.4 Å². The molecule has 0 amide bonds. The first-order valence-corrected chi connectivity index (χ1v) is 15.8. The fraction of sp³-hybridized carbons (Fsp3) is 0.471. The van der Waals surface area contributed by atoms with Gasteiger partial charge in [-0.2, -0.15) is 8.42 Å². The molecule has 2 fully saturated rings. The highest BCUT2D eigenvalue weighted by Crippen LogP contribution is 2.48. The van der Waals surface area contributed by atoms with E-state index in [9.17, 15) is 14.3 Å². The van der Waals surface area contributed by atoms with Crippen molar-refractivity contribution in [3.63, 3.8) is 0 Å². The minimum atomic E-state index is -0.750. The van der Waals surface area contributed by atoms with E-state index in [-0.39, 0.29) is 17.8 Å². The van der Waals surface area contributed by atoms with Gasteiger partial charge in [-0.3, -0.25) is 14.7 Å². The number of rotatable bonds is 8. The van der Waals surface area contributed by atoms with Crippen LogP contribution in [0.15, 0.2) is 48.7 Å². The molecular formula is C34H39FN2O5S. The summed E-state index contributed by atoms with van der Waals surface area (Å²) in [5.74, 6) is 0.516. The average Bonchev–Trinajstić information content (AvgIpc) is 3.74. The van der Waals surface area contributed by atoms with Gasteiger partial charge in [-0.05, 0) is 103 Å². The van der Waals surface area contributed by atoms with E-state index in [4.69, 9.17) is 13.2 Å². The first-order chi connectivity index (χ1) is 20.7. The molecule has 7 nitrogen and oxygen atoms in total. The van der Waals surface area contributed by atoms with Gasteiger partial charge in [0.05, 0.1) is 12.1 Å². The Kier molecular flexibility index (Phi) is 9.72. The van der Waals surface area contributed by atoms with E-state index in [1.807, 2.05) is 19.9 Å². The number of hydrogen-bond acceptors (Lipinski definition) is 6. The predicted octanol–water partition coefficient (Wildman–Crippen LogP) is 6.65. The lowest BCUT2D eigenvalue weighted by molar-refractivity contribution is -0.142. The molecule has 1 unspecified atom stereocenters. The number of benzene rings is 2. The van der Waals surface area contributed by atoms with Crippen LogP contribution in [0.5, 0.6) is 5.75 Å². The van der Waals surface area contributed by atoms with Gasteiger partial charge in [0, 0.05) is 24.3 Å². The van der Waals surface area contributed by atoms with Crippen LogP contribution in [0, 0.1) is 30.5 Å². The minimum absolute atomic E-state index is 0.0132. The van der Waals surface area contributed by atoms with Crippen LogP contribution in [-0.2, 0) is 29.3 Å². The molecule has 1 aromatic heterocycles. The Balaban J connectivity index is 0.00000118. The second kappa shape index (κ2) is 13.5. The second-order valence-corrected chi connectivity index (χ2v) is 12.6. The number of hydrogen-bond donors (Lipinski definition) is 1. The van der Waals surface area contributed by atoms with Crippen molar-refractivity contribution in [2.24, 2.45) is 17.8 Å². The Morgan fingerprint density at radius 3 is 2.56 bits per heavy atom. The van der Waals surface area contributed by atoms with Crippen LogP contribution in [0.3, 0.4) is 0 Å². The van der Waals surface area contributed by atoms with Gasteiger partial charge in [0.2, 0.25) is 0 Å². The molecule has 3 aromatic rings. The summed E-state index contributed by atoms with van der Waals surface area (Å²) >= 11 is -0.750. The summed E-state index contributed by atoms with van der Waals surface area (Å²) in [7, 11) is 0. The van der Waals surface area contributed by atoms with Crippen molar-refractivity contribution < 1.29 is 27.4 Å². The number of carbonyl (C=O) groups is 1. The lowest BCUT2D eigenvalue weighted by Crippen LogP contribution is -2.22. The molecule has 6 rings (SSSR count). The number of fused-ring (bicyclic) bond motifs is 1. The van der Waals surface area contributed by atoms with Gasteiger partial charge in [-0.1, -0.05) is 44.2 Å². The van der Waals surface area contributed by atoms with E-state index in [2.05, 4.69) is 53.2 Å². The van der Waals surface area contributed by atoms with Crippen molar-refractivity contribution >= 4 is 17.5 Å². The van der Waals surface area contributed by atoms with Crippen LogP contribution in [-0.4, -0.2) is 42.5 Å². The fourth-order valence-corrected chi connectivity index (χ4v) is 6.77. The monoisotopic (exact) mass is 606 g/mol. The third-order valence-corrected chi connectivity index (χ3v) is 9.16. The van der Waals surface area contributed by atoms with Gasteiger partial charge >= 0.3 is 17.5 Å². The van der Waals surface area contributed by atoms with Crippen LogP contribution in [0.4, 0.5) is 4.39 Å². The van der Waals surface area contributed by atoms with Gasteiger partial charge in [0.25, 0.3) is 0 Å². The normalized spacial score (nSPS) is 21.1. The van der Waals surface area contributed by atoms with Gasteiger partial charge in [-0.15, -0.1) is 0 Å². The maximum absolute atomic E-state index is 15.0. The molecule has 9 heteroatoms. The SMILES string of the molecule is Cc1cc(-c2ccc(C3CCc4ccc([C@H](C5CC5)[C@H](C)C(=O)O)cc4O3)cc2CN2CC[C@H](C)C2)c(F)cn1.O=S=O. The van der Waals surface area contributed by atoms with E-state index in [1.54, 1.807) is 0 Å². The topological polar surface area (TPSA) is 96.8 Å². The maximum Gasteiger partial charge on any atom is 0.335 e. The molecular weight excluding hydrogens is 567 g/mol. The summed E-state index contributed by atoms with van der Waals surface area (Å²) in [6.45, 7) is 8.88. The van der Waals surface area contributed by atoms with Gasteiger partial charge in [0.15, 0.2) is 0 Å². The lowest BCUT2D eigenvalue weighted by Gasteiger charge is -2.29. The van der Waals surface area contributed by atoms with Crippen molar-refractivity contribution in [1.82, 2.24) is 9.88 Å². The number of halogens is 1. The predicted molar refractivity (Wildman–Crippen MR) is 163 cm³/mol. The van der Waals surface area contributed by atoms with Crippen LogP contribution in [0.1, 0.15) is 79.5 Å².